The third kappa shape index (κ3) is 0.950. The fraction of sp³-hybridized carbons (Fsp3) is 0.400. The number of hydrogen-bond acceptors (Lipinski definition) is 1. The highest BCUT2D eigenvalue weighted by Gasteiger charge is 2.21. The summed E-state index contributed by atoms with van der Waals surface area (Å²) < 4.78 is 13.1. The molecule has 1 aromatic rings. The lowest BCUT2D eigenvalue weighted by molar-refractivity contribution is 0.616. The fourth-order valence-corrected chi connectivity index (χ4v) is 1.88. The molecule has 0 bridgehead atoms. The highest BCUT2D eigenvalue weighted by Crippen LogP contribution is 2.32. The monoisotopic (exact) mass is 165 g/mol. The van der Waals surface area contributed by atoms with Crippen molar-refractivity contribution in [3.8, 4) is 0 Å². The molecule has 1 nitrogen and oxygen atoms in total. The van der Waals surface area contributed by atoms with Crippen LogP contribution in [0, 0.1) is 12.7 Å². The van der Waals surface area contributed by atoms with E-state index in [0.717, 1.165) is 29.5 Å². The van der Waals surface area contributed by atoms with Crippen molar-refractivity contribution in [1.29, 1.82) is 0 Å². The average molecular weight is 165 g/mol. The Balaban J connectivity index is 2.60. The Hall–Kier alpha value is -0.890. The van der Waals surface area contributed by atoms with Crippen molar-refractivity contribution in [2.24, 2.45) is 5.73 Å². The van der Waals surface area contributed by atoms with Crippen molar-refractivity contribution >= 4 is 0 Å². The van der Waals surface area contributed by atoms with Gasteiger partial charge in [-0.15, -0.1) is 0 Å². The Kier molecular flexibility index (Phi) is 1.65. The maximum absolute atomic E-state index is 13.1. The second kappa shape index (κ2) is 2.56. The SMILES string of the molecule is Cc1c(F)ccc2c1CC[C@H]2N. The van der Waals surface area contributed by atoms with Crippen LogP contribution in [0.15, 0.2) is 12.1 Å². The third-order valence-corrected chi connectivity index (χ3v) is 2.67. The van der Waals surface area contributed by atoms with Crippen LogP contribution in [-0.2, 0) is 6.42 Å². The molecule has 0 aliphatic heterocycles. The topological polar surface area (TPSA) is 26.0 Å². The standard InChI is InChI=1S/C10H12FN/c1-6-7-3-5-10(12)8(7)2-4-9(6)11/h2,4,10H,3,5,12H2,1H3/t10-/m1/s1. The molecule has 1 aliphatic carbocycles. The predicted molar refractivity (Wildman–Crippen MR) is 46.4 cm³/mol. The number of benzene rings is 1. The van der Waals surface area contributed by atoms with Crippen LogP contribution in [0.3, 0.4) is 0 Å². The first-order valence-corrected chi connectivity index (χ1v) is 4.23. The minimum Gasteiger partial charge on any atom is -0.324 e. The molecule has 0 heterocycles. The molecule has 64 valence electrons. The smallest absolute Gasteiger partial charge is 0.126 e. The molecule has 0 unspecified atom stereocenters. The van der Waals surface area contributed by atoms with Crippen LogP contribution < -0.4 is 5.73 Å². The molecule has 0 aromatic heterocycles. The van der Waals surface area contributed by atoms with Crippen LogP contribution in [-0.4, -0.2) is 0 Å². The van der Waals surface area contributed by atoms with Crippen molar-refractivity contribution < 1.29 is 4.39 Å². The molecule has 1 aliphatic rings. The van der Waals surface area contributed by atoms with Crippen molar-refractivity contribution in [2.45, 2.75) is 25.8 Å². The van der Waals surface area contributed by atoms with Gasteiger partial charge in [-0.2, -0.15) is 0 Å². The van der Waals surface area contributed by atoms with Gasteiger partial charge in [-0.05, 0) is 42.5 Å². The number of hydrogen-bond donors (Lipinski definition) is 1. The molecule has 0 spiro atoms. The zero-order chi connectivity index (χ0) is 8.72. The van der Waals surface area contributed by atoms with Gasteiger partial charge in [-0.1, -0.05) is 6.07 Å². The Morgan fingerprint density at radius 1 is 1.50 bits per heavy atom. The Labute approximate surface area is 71.4 Å². The second-order valence-corrected chi connectivity index (χ2v) is 3.39. The zero-order valence-corrected chi connectivity index (χ0v) is 7.10. The largest absolute Gasteiger partial charge is 0.324 e. The molecule has 2 heteroatoms. The number of halogens is 1. The normalized spacial score (nSPS) is 21.1. The van der Waals surface area contributed by atoms with E-state index in [1.165, 1.54) is 6.07 Å². The van der Waals surface area contributed by atoms with Crippen LogP contribution in [0.4, 0.5) is 4.39 Å². The van der Waals surface area contributed by atoms with Crippen molar-refractivity contribution in [3.63, 3.8) is 0 Å². The van der Waals surface area contributed by atoms with Crippen LogP contribution in [0.1, 0.15) is 29.2 Å². The zero-order valence-electron chi connectivity index (χ0n) is 7.10. The average Bonchev–Trinajstić information content (AvgIpc) is 2.41. The first-order valence-electron chi connectivity index (χ1n) is 4.23. The minimum absolute atomic E-state index is 0.108. The van der Waals surface area contributed by atoms with Gasteiger partial charge in [0.05, 0.1) is 0 Å². The van der Waals surface area contributed by atoms with Crippen molar-refractivity contribution in [1.82, 2.24) is 0 Å². The van der Waals surface area contributed by atoms with Crippen LogP contribution >= 0.6 is 0 Å². The Morgan fingerprint density at radius 2 is 2.25 bits per heavy atom. The Morgan fingerprint density at radius 3 is 3.00 bits per heavy atom. The lowest BCUT2D eigenvalue weighted by atomic mass is 10.0. The van der Waals surface area contributed by atoms with E-state index in [0.29, 0.717) is 0 Å². The second-order valence-electron chi connectivity index (χ2n) is 3.39. The summed E-state index contributed by atoms with van der Waals surface area (Å²) in [6.45, 7) is 1.83. The summed E-state index contributed by atoms with van der Waals surface area (Å²) >= 11 is 0. The quantitative estimate of drug-likeness (QED) is 0.625. The molecule has 12 heavy (non-hydrogen) atoms. The number of fused-ring (bicyclic) bond motifs is 1. The maximum Gasteiger partial charge on any atom is 0.126 e. The van der Waals surface area contributed by atoms with Gasteiger partial charge in [0.15, 0.2) is 0 Å². The number of rotatable bonds is 0. The summed E-state index contributed by atoms with van der Waals surface area (Å²) in [5.74, 6) is -0.108. The summed E-state index contributed by atoms with van der Waals surface area (Å²) in [5, 5.41) is 0. The van der Waals surface area contributed by atoms with Gasteiger partial charge < -0.3 is 5.73 Å². The van der Waals surface area contributed by atoms with Gasteiger partial charge in [0, 0.05) is 6.04 Å². The highest BCUT2D eigenvalue weighted by atomic mass is 19.1. The van der Waals surface area contributed by atoms with E-state index in [2.05, 4.69) is 0 Å². The van der Waals surface area contributed by atoms with E-state index >= 15 is 0 Å². The summed E-state index contributed by atoms with van der Waals surface area (Å²) in [6, 6.07) is 3.45. The lowest BCUT2D eigenvalue weighted by Gasteiger charge is -2.06. The van der Waals surface area contributed by atoms with Crippen molar-refractivity contribution in [3.05, 3.63) is 34.6 Å². The number of nitrogens with two attached hydrogens (primary N) is 1. The molecule has 0 fully saturated rings. The summed E-state index contributed by atoms with van der Waals surface area (Å²) in [4.78, 5) is 0. The first kappa shape index (κ1) is 7.74. The summed E-state index contributed by atoms with van der Waals surface area (Å²) in [5.41, 5.74) is 8.88. The molecule has 1 aromatic carbocycles. The molecule has 0 saturated carbocycles. The molecule has 0 amide bonds. The van der Waals surface area contributed by atoms with E-state index < -0.39 is 0 Å². The van der Waals surface area contributed by atoms with Crippen molar-refractivity contribution in [2.75, 3.05) is 0 Å². The van der Waals surface area contributed by atoms with Gasteiger partial charge >= 0.3 is 0 Å². The van der Waals surface area contributed by atoms with E-state index in [4.69, 9.17) is 5.73 Å². The van der Waals surface area contributed by atoms with Gasteiger partial charge in [0.25, 0.3) is 0 Å². The van der Waals surface area contributed by atoms with Gasteiger partial charge in [0.1, 0.15) is 5.82 Å². The predicted octanol–water partition coefficient (Wildman–Crippen LogP) is 2.08. The van der Waals surface area contributed by atoms with Gasteiger partial charge in [-0.3, -0.25) is 0 Å². The molecule has 1 atom stereocenters. The summed E-state index contributed by atoms with van der Waals surface area (Å²) in [6.07, 6.45) is 1.89. The van der Waals surface area contributed by atoms with Gasteiger partial charge in [-0.25, -0.2) is 4.39 Å². The van der Waals surface area contributed by atoms with E-state index in [-0.39, 0.29) is 11.9 Å². The van der Waals surface area contributed by atoms with Crippen LogP contribution in [0.2, 0.25) is 0 Å². The van der Waals surface area contributed by atoms with E-state index in [1.807, 2.05) is 13.0 Å². The third-order valence-electron chi connectivity index (χ3n) is 2.67. The first-order chi connectivity index (χ1) is 5.70. The van der Waals surface area contributed by atoms with E-state index in [9.17, 15) is 4.39 Å². The minimum atomic E-state index is -0.108. The molecule has 2 N–H and O–H groups in total. The van der Waals surface area contributed by atoms with Crippen LogP contribution in [0.25, 0.3) is 0 Å². The molecule has 2 rings (SSSR count). The lowest BCUT2D eigenvalue weighted by Crippen LogP contribution is -2.05. The van der Waals surface area contributed by atoms with Crippen LogP contribution in [0.5, 0.6) is 0 Å². The van der Waals surface area contributed by atoms with Gasteiger partial charge in [0.2, 0.25) is 0 Å². The maximum atomic E-state index is 13.1. The Bertz CT molecular complexity index is 320. The molecular weight excluding hydrogens is 153 g/mol. The molecule has 0 radical (unpaired) electrons. The van der Waals surface area contributed by atoms with E-state index in [1.54, 1.807) is 0 Å². The fourth-order valence-electron chi connectivity index (χ4n) is 1.88. The summed E-state index contributed by atoms with van der Waals surface area (Å²) in [7, 11) is 0. The highest BCUT2D eigenvalue weighted by molar-refractivity contribution is 5.40. The molecule has 0 saturated heterocycles. The molecular formula is C10H12FN.